The third-order valence-electron chi connectivity index (χ3n) is 1.96. The lowest BCUT2D eigenvalue weighted by molar-refractivity contribution is 0.255. The molecule has 0 saturated heterocycles. The number of allylic oxidation sites excluding steroid dienone is 2. The van der Waals surface area contributed by atoms with E-state index >= 15 is 0 Å². The molecule has 0 saturated carbocycles. The van der Waals surface area contributed by atoms with E-state index in [1.807, 2.05) is 5.38 Å². The van der Waals surface area contributed by atoms with Crippen LogP contribution in [0.5, 0.6) is 5.19 Å². The topological polar surface area (TPSA) is 22.1 Å². The Kier molecular flexibility index (Phi) is 2.42. The molecule has 0 aliphatic heterocycles. The summed E-state index contributed by atoms with van der Waals surface area (Å²) in [5, 5.41) is 2.73. The molecule has 0 amide bonds. The molecule has 64 valence electrons. The predicted octanol–water partition coefficient (Wildman–Crippen LogP) is 2.49. The molecule has 0 radical (unpaired) electrons. The number of aromatic nitrogens is 1. The van der Waals surface area contributed by atoms with Crippen molar-refractivity contribution in [3.05, 3.63) is 23.7 Å². The number of nitrogens with zero attached hydrogens (tertiary/aromatic N) is 1. The van der Waals surface area contributed by atoms with Gasteiger partial charge in [-0.15, -0.1) is 0 Å². The maximum absolute atomic E-state index is 5.50. The number of rotatable bonds is 3. The molecule has 12 heavy (non-hydrogen) atoms. The molecule has 0 atom stereocenters. The fourth-order valence-corrected chi connectivity index (χ4v) is 1.78. The summed E-state index contributed by atoms with van der Waals surface area (Å²) < 4.78 is 5.50. The van der Waals surface area contributed by atoms with Gasteiger partial charge < -0.3 is 4.74 Å². The number of thiazole rings is 1. The van der Waals surface area contributed by atoms with Crippen LogP contribution in [0.15, 0.2) is 23.7 Å². The molecule has 1 aliphatic carbocycles. The Bertz CT molecular complexity index is 248. The SMILES string of the molecule is C1=CCC(COc2nccs2)C1. The maximum atomic E-state index is 5.50. The zero-order valence-electron chi connectivity index (χ0n) is 6.77. The normalized spacial score (nSPS) is 17.0. The highest BCUT2D eigenvalue weighted by Crippen LogP contribution is 2.20. The van der Waals surface area contributed by atoms with Gasteiger partial charge in [0, 0.05) is 11.6 Å². The number of ether oxygens (including phenoxy) is 1. The molecule has 1 aromatic rings. The van der Waals surface area contributed by atoms with Crippen LogP contribution in [0.4, 0.5) is 0 Å². The van der Waals surface area contributed by atoms with E-state index < -0.39 is 0 Å². The van der Waals surface area contributed by atoms with E-state index in [1.54, 1.807) is 17.5 Å². The fourth-order valence-electron chi connectivity index (χ4n) is 1.28. The van der Waals surface area contributed by atoms with E-state index in [0.29, 0.717) is 5.92 Å². The third-order valence-corrected chi connectivity index (χ3v) is 2.64. The summed E-state index contributed by atoms with van der Waals surface area (Å²) >= 11 is 1.55. The minimum Gasteiger partial charge on any atom is -0.470 e. The minimum atomic E-state index is 0.675. The van der Waals surface area contributed by atoms with Crippen LogP contribution in [-0.4, -0.2) is 11.6 Å². The Morgan fingerprint density at radius 2 is 2.33 bits per heavy atom. The second-order valence-corrected chi connectivity index (χ2v) is 3.77. The van der Waals surface area contributed by atoms with E-state index in [9.17, 15) is 0 Å². The Hall–Kier alpha value is -0.830. The van der Waals surface area contributed by atoms with Gasteiger partial charge in [-0.25, -0.2) is 4.98 Å². The van der Waals surface area contributed by atoms with Crippen LogP contribution in [0.1, 0.15) is 12.8 Å². The van der Waals surface area contributed by atoms with Crippen LogP contribution in [-0.2, 0) is 0 Å². The smallest absolute Gasteiger partial charge is 0.273 e. The van der Waals surface area contributed by atoms with Crippen molar-refractivity contribution in [2.75, 3.05) is 6.61 Å². The first kappa shape index (κ1) is 7.80. The van der Waals surface area contributed by atoms with Gasteiger partial charge >= 0.3 is 0 Å². The summed E-state index contributed by atoms with van der Waals surface area (Å²) in [6.07, 6.45) is 8.52. The van der Waals surface area contributed by atoms with Crippen LogP contribution < -0.4 is 4.74 Å². The quantitative estimate of drug-likeness (QED) is 0.668. The van der Waals surface area contributed by atoms with Crippen LogP contribution >= 0.6 is 11.3 Å². The molecular formula is C9H11NOS. The van der Waals surface area contributed by atoms with Gasteiger partial charge in [-0.1, -0.05) is 23.5 Å². The molecule has 0 unspecified atom stereocenters. The zero-order valence-corrected chi connectivity index (χ0v) is 7.59. The Morgan fingerprint density at radius 3 is 3.00 bits per heavy atom. The van der Waals surface area contributed by atoms with Gasteiger partial charge in [-0.05, 0) is 18.8 Å². The fraction of sp³-hybridized carbons (Fsp3) is 0.444. The molecule has 2 nitrogen and oxygen atoms in total. The van der Waals surface area contributed by atoms with Crippen LogP contribution in [0.2, 0.25) is 0 Å². The molecule has 0 N–H and O–H groups in total. The first-order valence-electron chi connectivity index (χ1n) is 4.12. The molecule has 2 rings (SSSR count). The summed E-state index contributed by atoms with van der Waals surface area (Å²) in [6, 6.07) is 0. The van der Waals surface area contributed by atoms with Crippen molar-refractivity contribution in [2.24, 2.45) is 5.92 Å². The standard InChI is InChI=1S/C9H11NOS/c1-2-4-8(3-1)7-11-9-10-5-6-12-9/h1-2,5-6,8H,3-4,7H2. The van der Waals surface area contributed by atoms with Crippen LogP contribution in [0.25, 0.3) is 0 Å². The minimum absolute atomic E-state index is 0.675. The molecular weight excluding hydrogens is 170 g/mol. The van der Waals surface area contributed by atoms with Gasteiger partial charge in [0.15, 0.2) is 0 Å². The first-order chi connectivity index (χ1) is 5.95. The van der Waals surface area contributed by atoms with Crippen molar-refractivity contribution >= 4 is 11.3 Å². The van der Waals surface area contributed by atoms with Crippen molar-refractivity contribution in [1.29, 1.82) is 0 Å². The van der Waals surface area contributed by atoms with E-state index in [-0.39, 0.29) is 0 Å². The number of hydrogen-bond donors (Lipinski definition) is 0. The van der Waals surface area contributed by atoms with Crippen molar-refractivity contribution in [3.8, 4) is 5.19 Å². The van der Waals surface area contributed by atoms with E-state index in [0.717, 1.165) is 24.6 Å². The van der Waals surface area contributed by atoms with E-state index in [2.05, 4.69) is 17.1 Å². The lowest BCUT2D eigenvalue weighted by atomic mass is 10.1. The predicted molar refractivity (Wildman–Crippen MR) is 49.5 cm³/mol. The molecule has 0 aromatic carbocycles. The lowest BCUT2D eigenvalue weighted by Crippen LogP contribution is -2.07. The third kappa shape index (κ3) is 1.85. The summed E-state index contributed by atoms with van der Waals surface area (Å²) in [7, 11) is 0. The van der Waals surface area contributed by atoms with Crippen LogP contribution in [0.3, 0.4) is 0 Å². The molecule has 0 fully saturated rings. The second kappa shape index (κ2) is 3.72. The molecule has 1 heterocycles. The Morgan fingerprint density at radius 1 is 1.50 bits per heavy atom. The average molecular weight is 181 g/mol. The molecule has 0 spiro atoms. The highest BCUT2D eigenvalue weighted by Gasteiger charge is 2.11. The highest BCUT2D eigenvalue weighted by atomic mass is 32.1. The van der Waals surface area contributed by atoms with Gasteiger partial charge in [0.05, 0.1) is 6.61 Å². The van der Waals surface area contributed by atoms with Crippen molar-refractivity contribution < 1.29 is 4.74 Å². The van der Waals surface area contributed by atoms with Gasteiger partial charge in [-0.2, -0.15) is 0 Å². The Balaban J connectivity index is 1.75. The molecule has 1 aliphatic rings. The van der Waals surface area contributed by atoms with Gasteiger partial charge in [0.25, 0.3) is 5.19 Å². The largest absolute Gasteiger partial charge is 0.470 e. The molecule has 1 aromatic heterocycles. The van der Waals surface area contributed by atoms with Crippen molar-refractivity contribution in [3.63, 3.8) is 0 Å². The average Bonchev–Trinajstić information content (AvgIpc) is 2.74. The number of hydrogen-bond acceptors (Lipinski definition) is 3. The van der Waals surface area contributed by atoms with Crippen molar-refractivity contribution in [1.82, 2.24) is 4.98 Å². The van der Waals surface area contributed by atoms with E-state index in [1.165, 1.54) is 0 Å². The molecule has 0 bridgehead atoms. The molecule has 3 heteroatoms. The summed E-state index contributed by atoms with van der Waals surface area (Å²) in [6.45, 7) is 0.806. The zero-order chi connectivity index (χ0) is 8.23. The maximum Gasteiger partial charge on any atom is 0.273 e. The lowest BCUT2D eigenvalue weighted by Gasteiger charge is -2.07. The van der Waals surface area contributed by atoms with Gasteiger partial charge in [0.1, 0.15) is 0 Å². The summed E-state index contributed by atoms with van der Waals surface area (Å²) in [5.74, 6) is 0.675. The first-order valence-corrected chi connectivity index (χ1v) is 5.00. The Labute approximate surface area is 75.9 Å². The second-order valence-electron chi connectivity index (χ2n) is 2.92. The van der Waals surface area contributed by atoms with Crippen LogP contribution in [0, 0.1) is 5.92 Å². The van der Waals surface area contributed by atoms with Gasteiger partial charge in [0.2, 0.25) is 0 Å². The van der Waals surface area contributed by atoms with Crippen molar-refractivity contribution in [2.45, 2.75) is 12.8 Å². The monoisotopic (exact) mass is 181 g/mol. The summed E-state index contributed by atoms with van der Waals surface area (Å²) in [4.78, 5) is 4.05. The highest BCUT2D eigenvalue weighted by molar-refractivity contribution is 7.11. The van der Waals surface area contributed by atoms with E-state index in [4.69, 9.17) is 4.74 Å². The van der Waals surface area contributed by atoms with Gasteiger partial charge in [-0.3, -0.25) is 0 Å². The summed E-state index contributed by atoms with van der Waals surface area (Å²) in [5.41, 5.74) is 0.